The zero-order valence-electron chi connectivity index (χ0n) is 10.7. The largest absolute Gasteiger partial charge is 0.487 e. The monoisotopic (exact) mass is 297 g/mol. The molecule has 2 atom stereocenters. The molecule has 94 valence electrons. The van der Waals surface area contributed by atoms with Gasteiger partial charge in [0.2, 0.25) is 0 Å². The molecule has 3 heteroatoms. The number of fused-ring (bicyclic) bond motifs is 1. The average Bonchev–Trinajstić information content (AvgIpc) is 2.17. The highest BCUT2D eigenvalue weighted by atomic mass is 79.9. The highest BCUT2D eigenvalue weighted by Crippen LogP contribution is 2.41. The first-order valence-electron chi connectivity index (χ1n) is 6.14. The van der Waals surface area contributed by atoms with Gasteiger partial charge in [0, 0.05) is 22.5 Å². The van der Waals surface area contributed by atoms with Crippen molar-refractivity contribution in [1.82, 2.24) is 0 Å². The molecular weight excluding hydrogens is 278 g/mol. The fraction of sp³-hybridized carbons (Fsp3) is 0.571. The third kappa shape index (κ3) is 2.83. The predicted octanol–water partition coefficient (Wildman–Crippen LogP) is 4.04. The summed E-state index contributed by atoms with van der Waals surface area (Å²) >= 11 is 3.48. The van der Waals surface area contributed by atoms with Crippen molar-refractivity contribution in [3.63, 3.8) is 0 Å². The van der Waals surface area contributed by atoms with Crippen molar-refractivity contribution < 1.29 is 4.74 Å². The SMILES string of the molecule is CC(C)CC1(C)C[C@@H](N)c2cc(Br)ccc2O1. The van der Waals surface area contributed by atoms with E-state index in [0.717, 1.165) is 28.6 Å². The van der Waals surface area contributed by atoms with Crippen molar-refractivity contribution in [3.8, 4) is 5.75 Å². The fourth-order valence-electron chi connectivity index (χ4n) is 2.77. The normalized spacial score (nSPS) is 27.8. The van der Waals surface area contributed by atoms with Crippen molar-refractivity contribution in [2.75, 3.05) is 0 Å². The van der Waals surface area contributed by atoms with Crippen LogP contribution in [0.25, 0.3) is 0 Å². The summed E-state index contributed by atoms with van der Waals surface area (Å²) in [7, 11) is 0. The van der Waals surface area contributed by atoms with Crippen molar-refractivity contribution in [2.24, 2.45) is 11.7 Å². The quantitative estimate of drug-likeness (QED) is 0.894. The Morgan fingerprint density at radius 1 is 1.53 bits per heavy atom. The maximum atomic E-state index is 6.27. The van der Waals surface area contributed by atoms with Gasteiger partial charge in [0.05, 0.1) is 0 Å². The van der Waals surface area contributed by atoms with E-state index in [0.29, 0.717) is 5.92 Å². The van der Waals surface area contributed by atoms with Crippen molar-refractivity contribution in [3.05, 3.63) is 28.2 Å². The molecule has 1 aromatic rings. The molecule has 0 fully saturated rings. The number of hydrogen-bond donors (Lipinski definition) is 1. The predicted molar refractivity (Wildman–Crippen MR) is 74.2 cm³/mol. The molecular formula is C14H20BrNO. The lowest BCUT2D eigenvalue weighted by Gasteiger charge is -2.40. The topological polar surface area (TPSA) is 35.2 Å². The molecule has 0 bridgehead atoms. The van der Waals surface area contributed by atoms with Crippen LogP contribution < -0.4 is 10.5 Å². The van der Waals surface area contributed by atoms with Gasteiger partial charge in [-0.25, -0.2) is 0 Å². The summed E-state index contributed by atoms with van der Waals surface area (Å²) in [6, 6.07) is 6.15. The molecule has 2 rings (SSSR count). The Kier molecular flexibility index (Phi) is 3.50. The van der Waals surface area contributed by atoms with Gasteiger partial charge < -0.3 is 10.5 Å². The number of nitrogens with two attached hydrogens (primary N) is 1. The van der Waals surface area contributed by atoms with Crippen LogP contribution in [0.15, 0.2) is 22.7 Å². The minimum Gasteiger partial charge on any atom is -0.487 e. The van der Waals surface area contributed by atoms with Crippen LogP contribution in [-0.4, -0.2) is 5.60 Å². The van der Waals surface area contributed by atoms with Crippen LogP contribution in [-0.2, 0) is 0 Å². The van der Waals surface area contributed by atoms with E-state index in [1.807, 2.05) is 12.1 Å². The van der Waals surface area contributed by atoms with Crippen molar-refractivity contribution >= 4 is 15.9 Å². The van der Waals surface area contributed by atoms with Gasteiger partial charge >= 0.3 is 0 Å². The third-order valence-electron chi connectivity index (χ3n) is 3.22. The number of hydrogen-bond acceptors (Lipinski definition) is 2. The van der Waals surface area contributed by atoms with Gasteiger partial charge in [0.15, 0.2) is 0 Å². The number of halogens is 1. The standard InChI is InChI=1S/C14H20BrNO/c1-9(2)7-14(3)8-12(16)11-6-10(15)4-5-13(11)17-14/h4-6,9,12H,7-8,16H2,1-3H3/t12-,14?/m1/s1. The lowest BCUT2D eigenvalue weighted by Crippen LogP contribution is -2.41. The van der Waals surface area contributed by atoms with Crippen LogP contribution in [0, 0.1) is 5.92 Å². The van der Waals surface area contributed by atoms with Gasteiger partial charge in [0.25, 0.3) is 0 Å². The Labute approximate surface area is 112 Å². The zero-order valence-corrected chi connectivity index (χ0v) is 12.3. The maximum absolute atomic E-state index is 6.27. The summed E-state index contributed by atoms with van der Waals surface area (Å²) in [6.45, 7) is 6.60. The van der Waals surface area contributed by atoms with Gasteiger partial charge in [0.1, 0.15) is 11.4 Å². The highest BCUT2D eigenvalue weighted by molar-refractivity contribution is 9.10. The number of benzene rings is 1. The van der Waals surface area contributed by atoms with E-state index < -0.39 is 0 Å². The van der Waals surface area contributed by atoms with Gasteiger partial charge in [-0.15, -0.1) is 0 Å². The second-order valence-electron chi connectivity index (χ2n) is 5.64. The molecule has 0 radical (unpaired) electrons. The molecule has 0 aliphatic carbocycles. The van der Waals surface area contributed by atoms with Gasteiger partial charge in [-0.1, -0.05) is 29.8 Å². The van der Waals surface area contributed by atoms with E-state index in [2.05, 4.69) is 42.8 Å². The third-order valence-corrected chi connectivity index (χ3v) is 3.71. The lowest BCUT2D eigenvalue weighted by molar-refractivity contribution is 0.0340. The van der Waals surface area contributed by atoms with E-state index in [-0.39, 0.29) is 11.6 Å². The lowest BCUT2D eigenvalue weighted by atomic mass is 9.83. The Bertz CT molecular complexity index is 419. The van der Waals surface area contributed by atoms with Crippen LogP contribution in [0.4, 0.5) is 0 Å². The van der Waals surface area contributed by atoms with E-state index in [1.165, 1.54) is 0 Å². The number of ether oxygens (including phenoxy) is 1. The highest BCUT2D eigenvalue weighted by Gasteiger charge is 2.36. The molecule has 1 unspecified atom stereocenters. The van der Waals surface area contributed by atoms with Gasteiger partial charge in [-0.3, -0.25) is 0 Å². The molecule has 1 heterocycles. The summed E-state index contributed by atoms with van der Waals surface area (Å²) in [5, 5.41) is 0. The number of rotatable bonds is 2. The minimum atomic E-state index is -0.131. The molecule has 1 aliphatic heterocycles. The van der Waals surface area contributed by atoms with E-state index in [4.69, 9.17) is 10.5 Å². The maximum Gasteiger partial charge on any atom is 0.124 e. The van der Waals surface area contributed by atoms with Crippen LogP contribution >= 0.6 is 15.9 Å². The molecule has 0 saturated carbocycles. The molecule has 2 nitrogen and oxygen atoms in total. The van der Waals surface area contributed by atoms with Gasteiger partial charge in [-0.2, -0.15) is 0 Å². The van der Waals surface area contributed by atoms with E-state index >= 15 is 0 Å². The van der Waals surface area contributed by atoms with Crippen LogP contribution in [0.1, 0.15) is 45.2 Å². The van der Waals surface area contributed by atoms with Crippen molar-refractivity contribution in [1.29, 1.82) is 0 Å². The van der Waals surface area contributed by atoms with E-state index in [1.54, 1.807) is 0 Å². The molecule has 2 N–H and O–H groups in total. The van der Waals surface area contributed by atoms with Gasteiger partial charge in [-0.05, 0) is 37.5 Å². The van der Waals surface area contributed by atoms with Crippen molar-refractivity contribution in [2.45, 2.75) is 45.3 Å². The Hall–Kier alpha value is -0.540. The zero-order chi connectivity index (χ0) is 12.6. The first-order valence-corrected chi connectivity index (χ1v) is 6.93. The smallest absolute Gasteiger partial charge is 0.124 e. The molecule has 0 saturated heterocycles. The fourth-order valence-corrected chi connectivity index (χ4v) is 3.15. The Balaban J connectivity index is 2.30. The molecule has 1 aromatic carbocycles. The second-order valence-corrected chi connectivity index (χ2v) is 6.56. The summed E-state index contributed by atoms with van der Waals surface area (Å²) in [4.78, 5) is 0. The molecule has 17 heavy (non-hydrogen) atoms. The average molecular weight is 298 g/mol. The minimum absolute atomic E-state index is 0.0694. The van der Waals surface area contributed by atoms with Crippen LogP contribution in [0.5, 0.6) is 5.75 Å². The second kappa shape index (κ2) is 4.62. The molecule has 0 amide bonds. The Morgan fingerprint density at radius 2 is 2.24 bits per heavy atom. The van der Waals surface area contributed by atoms with Crippen LogP contribution in [0.3, 0.4) is 0 Å². The summed E-state index contributed by atoms with van der Waals surface area (Å²) < 4.78 is 7.21. The Morgan fingerprint density at radius 3 is 2.88 bits per heavy atom. The molecule has 0 spiro atoms. The summed E-state index contributed by atoms with van der Waals surface area (Å²) in [6.07, 6.45) is 1.92. The summed E-state index contributed by atoms with van der Waals surface area (Å²) in [5.41, 5.74) is 7.25. The molecule has 1 aliphatic rings. The van der Waals surface area contributed by atoms with Crippen LogP contribution in [0.2, 0.25) is 0 Å². The first-order chi connectivity index (χ1) is 7.89. The molecule has 0 aromatic heterocycles. The van der Waals surface area contributed by atoms with E-state index in [9.17, 15) is 0 Å². The first kappa shape index (κ1) is 12.9. The summed E-state index contributed by atoms with van der Waals surface area (Å²) in [5.74, 6) is 1.55.